The molecule has 0 radical (unpaired) electrons. The van der Waals surface area contributed by atoms with E-state index < -0.39 is 5.97 Å². The summed E-state index contributed by atoms with van der Waals surface area (Å²) in [7, 11) is 0. The van der Waals surface area contributed by atoms with Crippen molar-refractivity contribution in [2.24, 2.45) is 11.8 Å². The summed E-state index contributed by atoms with van der Waals surface area (Å²) < 4.78 is 0. The minimum atomic E-state index is -0.790. The van der Waals surface area contributed by atoms with Crippen molar-refractivity contribution in [3.05, 3.63) is 11.6 Å². The SMILES string of the molecule is CCCCCCCCCCCCCCCCCC[C@H](C)C[C@H](C)C=C(C)C(=O)O. The standard InChI is InChI=1S/C27H52O2/c1-5-6-7-8-9-10-11-12-13-14-15-16-17-18-19-20-21-24(2)22-25(3)23-26(4)27(28)29/h23-25H,5-22H2,1-4H3,(H,28,29)/t24-,25-/m0/s1. The maximum Gasteiger partial charge on any atom is 0.330 e. The second kappa shape index (κ2) is 20.5. The summed E-state index contributed by atoms with van der Waals surface area (Å²) >= 11 is 0. The fourth-order valence-electron chi connectivity index (χ4n) is 4.36. The topological polar surface area (TPSA) is 37.3 Å². The first-order valence-electron chi connectivity index (χ1n) is 12.9. The largest absolute Gasteiger partial charge is 0.478 e. The minimum absolute atomic E-state index is 0.363. The van der Waals surface area contributed by atoms with Crippen LogP contribution in [0.15, 0.2) is 11.6 Å². The lowest BCUT2D eigenvalue weighted by atomic mass is 9.91. The number of unbranched alkanes of at least 4 members (excludes halogenated alkanes) is 15. The Bertz CT molecular complexity index is 399. The smallest absolute Gasteiger partial charge is 0.330 e. The molecule has 2 heteroatoms. The number of carboxylic acids is 1. The first kappa shape index (κ1) is 28.2. The predicted molar refractivity (Wildman–Crippen MR) is 129 cm³/mol. The highest BCUT2D eigenvalue weighted by Gasteiger charge is 2.09. The molecule has 29 heavy (non-hydrogen) atoms. The normalized spacial score (nSPS) is 14.1. The Balaban J connectivity index is 3.34. The van der Waals surface area contributed by atoms with Gasteiger partial charge < -0.3 is 5.11 Å². The second-order valence-corrected chi connectivity index (χ2v) is 9.56. The van der Waals surface area contributed by atoms with Crippen LogP contribution in [0, 0.1) is 11.8 Å². The van der Waals surface area contributed by atoms with Crippen LogP contribution in [0.4, 0.5) is 0 Å². The van der Waals surface area contributed by atoms with Gasteiger partial charge >= 0.3 is 5.97 Å². The maximum absolute atomic E-state index is 10.9. The molecule has 2 nitrogen and oxygen atoms in total. The summed E-state index contributed by atoms with van der Waals surface area (Å²) in [6.45, 7) is 8.43. The van der Waals surface area contributed by atoms with E-state index in [2.05, 4.69) is 20.8 Å². The number of hydrogen-bond donors (Lipinski definition) is 1. The lowest BCUT2D eigenvalue weighted by Crippen LogP contribution is -2.04. The molecule has 0 unspecified atom stereocenters. The molecule has 172 valence electrons. The van der Waals surface area contributed by atoms with Gasteiger partial charge in [-0.3, -0.25) is 0 Å². The van der Waals surface area contributed by atoms with Crippen LogP contribution in [0.25, 0.3) is 0 Å². The van der Waals surface area contributed by atoms with Gasteiger partial charge in [0, 0.05) is 5.57 Å². The molecule has 2 atom stereocenters. The van der Waals surface area contributed by atoms with Gasteiger partial charge in [-0.25, -0.2) is 4.79 Å². The zero-order chi connectivity index (χ0) is 21.7. The van der Waals surface area contributed by atoms with Gasteiger partial charge in [0.2, 0.25) is 0 Å². The van der Waals surface area contributed by atoms with Gasteiger partial charge in [-0.2, -0.15) is 0 Å². The van der Waals surface area contributed by atoms with Crippen molar-refractivity contribution in [1.29, 1.82) is 0 Å². The monoisotopic (exact) mass is 408 g/mol. The van der Waals surface area contributed by atoms with E-state index in [-0.39, 0.29) is 0 Å². The molecule has 0 aromatic heterocycles. The van der Waals surface area contributed by atoms with E-state index >= 15 is 0 Å². The Morgan fingerprint density at radius 3 is 1.48 bits per heavy atom. The lowest BCUT2D eigenvalue weighted by Gasteiger charge is -2.15. The summed E-state index contributed by atoms with van der Waals surface area (Å²) in [6, 6.07) is 0. The highest BCUT2D eigenvalue weighted by atomic mass is 16.4. The van der Waals surface area contributed by atoms with Gasteiger partial charge in [-0.1, -0.05) is 136 Å². The Hall–Kier alpha value is -0.790. The van der Waals surface area contributed by atoms with Crippen molar-refractivity contribution in [2.75, 3.05) is 0 Å². The summed E-state index contributed by atoms with van der Waals surface area (Å²) in [6.07, 6.45) is 27.0. The molecular formula is C27H52O2. The molecule has 0 aromatic rings. The zero-order valence-corrected chi connectivity index (χ0v) is 20.3. The second-order valence-electron chi connectivity index (χ2n) is 9.56. The Kier molecular flexibility index (Phi) is 19.9. The third-order valence-corrected chi connectivity index (χ3v) is 6.20. The van der Waals surface area contributed by atoms with Crippen LogP contribution >= 0.6 is 0 Å². The van der Waals surface area contributed by atoms with Crippen LogP contribution in [-0.4, -0.2) is 11.1 Å². The third kappa shape index (κ3) is 20.3. The van der Waals surface area contributed by atoms with Gasteiger partial charge in [0.15, 0.2) is 0 Å². The molecular weight excluding hydrogens is 356 g/mol. The van der Waals surface area contributed by atoms with Crippen molar-refractivity contribution in [1.82, 2.24) is 0 Å². The molecule has 0 spiro atoms. The van der Waals surface area contributed by atoms with Crippen LogP contribution in [0.2, 0.25) is 0 Å². The van der Waals surface area contributed by atoms with E-state index in [0.29, 0.717) is 17.4 Å². The van der Waals surface area contributed by atoms with Gasteiger partial charge in [0.05, 0.1) is 0 Å². The Morgan fingerprint density at radius 2 is 1.10 bits per heavy atom. The average Bonchev–Trinajstić information content (AvgIpc) is 2.67. The average molecular weight is 409 g/mol. The first-order chi connectivity index (χ1) is 14.0. The molecule has 0 bridgehead atoms. The fraction of sp³-hybridized carbons (Fsp3) is 0.889. The van der Waals surface area contributed by atoms with Gasteiger partial charge in [0.1, 0.15) is 0 Å². The number of allylic oxidation sites excluding steroid dienone is 1. The molecule has 0 fully saturated rings. The lowest BCUT2D eigenvalue weighted by molar-refractivity contribution is -0.132. The van der Waals surface area contributed by atoms with Crippen LogP contribution in [0.1, 0.15) is 143 Å². The molecule has 0 heterocycles. The molecule has 0 aromatic carbocycles. The zero-order valence-electron chi connectivity index (χ0n) is 20.3. The number of aliphatic carboxylic acids is 1. The van der Waals surface area contributed by atoms with E-state index in [1.807, 2.05) is 6.08 Å². The van der Waals surface area contributed by atoms with Crippen LogP contribution in [0.5, 0.6) is 0 Å². The van der Waals surface area contributed by atoms with E-state index in [1.54, 1.807) is 6.92 Å². The van der Waals surface area contributed by atoms with Crippen molar-refractivity contribution in [2.45, 2.75) is 143 Å². The summed E-state index contributed by atoms with van der Waals surface area (Å²) in [5.41, 5.74) is 0.479. The van der Waals surface area contributed by atoms with E-state index in [0.717, 1.165) is 6.42 Å². The Labute approximate surface area is 182 Å². The van der Waals surface area contributed by atoms with Crippen LogP contribution in [0.3, 0.4) is 0 Å². The molecule has 0 aliphatic rings. The number of carbonyl (C=O) groups is 1. The summed E-state index contributed by atoms with van der Waals surface area (Å²) in [5.74, 6) is 0.263. The molecule has 1 N–H and O–H groups in total. The van der Waals surface area contributed by atoms with Gasteiger partial charge in [-0.05, 0) is 25.2 Å². The maximum atomic E-state index is 10.9. The highest BCUT2D eigenvalue weighted by Crippen LogP contribution is 2.21. The Morgan fingerprint density at radius 1 is 0.724 bits per heavy atom. The molecule has 0 saturated heterocycles. The summed E-state index contributed by atoms with van der Waals surface area (Å²) in [5, 5.41) is 8.96. The molecule has 0 aliphatic carbocycles. The van der Waals surface area contributed by atoms with E-state index in [4.69, 9.17) is 5.11 Å². The number of hydrogen-bond acceptors (Lipinski definition) is 1. The predicted octanol–water partition coefficient (Wildman–Crippen LogP) is 9.33. The molecule has 0 rings (SSSR count). The quantitative estimate of drug-likeness (QED) is 0.152. The fourth-order valence-corrected chi connectivity index (χ4v) is 4.36. The van der Waals surface area contributed by atoms with E-state index in [9.17, 15) is 4.79 Å². The summed E-state index contributed by atoms with van der Waals surface area (Å²) in [4.78, 5) is 10.9. The van der Waals surface area contributed by atoms with Crippen molar-refractivity contribution in [3.8, 4) is 0 Å². The minimum Gasteiger partial charge on any atom is -0.478 e. The highest BCUT2D eigenvalue weighted by molar-refractivity contribution is 5.85. The first-order valence-corrected chi connectivity index (χ1v) is 12.9. The molecule has 0 amide bonds. The van der Waals surface area contributed by atoms with Crippen molar-refractivity contribution in [3.63, 3.8) is 0 Å². The van der Waals surface area contributed by atoms with Crippen molar-refractivity contribution < 1.29 is 9.90 Å². The van der Waals surface area contributed by atoms with Gasteiger partial charge in [0.25, 0.3) is 0 Å². The van der Waals surface area contributed by atoms with Crippen molar-refractivity contribution >= 4 is 5.97 Å². The molecule has 0 aliphatic heterocycles. The number of rotatable bonds is 21. The van der Waals surface area contributed by atoms with Crippen LogP contribution in [-0.2, 0) is 4.79 Å². The van der Waals surface area contributed by atoms with Crippen LogP contribution < -0.4 is 0 Å². The van der Waals surface area contributed by atoms with E-state index in [1.165, 1.54) is 109 Å². The number of carboxylic acid groups (broad SMARTS) is 1. The molecule has 0 saturated carbocycles. The third-order valence-electron chi connectivity index (χ3n) is 6.20. The van der Waals surface area contributed by atoms with Gasteiger partial charge in [-0.15, -0.1) is 0 Å².